The molecule has 1 fully saturated rings. The quantitative estimate of drug-likeness (QED) is 0.428. The summed E-state index contributed by atoms with van der Waals surface area (Å²) in [7, 11) is -1.81. The first-order chi connectivity index (χ1) is 12.2. The highest BCUT2D eigenvalue weighted by molar-refractivity contribution is 6.74. The molecule has 1 N–H and O–H groups in total. The third-order valence-corrected chi connectivity index (χ3v) is 10.7. The molecule has 0 aliphatic heterocycles. The highest BCUT2D eigenvalue weighted by Gasteiger charge is 2.40. The minimum absolute atomic E-state index is 0.194. The summed E-state index contributed by atoms with van der Waals surface area (Å²) in [6.07, 6.45) is 11.3. The van der Waals surface area contributed by atoms with Gasteiger partial charge in [-0.1, -0.05) is 82.5 Å². The summed E-state index contributed by atoms with van der Waals surface area (Å²) >= 11 is 0. The van der Waals surface area contributed by atoms with Crippen LogP contribution >= 0.6 is 0 Å². The van der Waals surface area contributed by atoms with Crippen LogP contribution in [0.15, 0.2) is 42.5 Å². The van der Waals surface area contributed by atoms with Crippen LogP contribution in [0, 0.1) is 5.92 Å². The molecule has 2 rings (SSSR count). The van der Waals surface area contributed by atoms with E-state index in [1.54, 1.807) is 0 Å². The van der Waals surface area contributed by atoms with Gasteiger partial charge >= 0.3 is 0 Å². The Morgan fingerprint density at radius 3 is 2.31 bits per heavy atom. The van der Waals surface area contributed by atoms with Crippen LogP contribution in [0.3, 0.4) is 0 Å². The highest BCUT2D eigenvalue weighted by atomic mass is 28.4. The summed E-state index contributed by atoms with van der Waals surface area (Å²) in [6.45, 7) is 11.6. The van der Waals surface area contributed by atoms with Crippen LogP contribution in [0.4, 0.5) is 0 Å². The van der Waals surface area contributed by atoms with Gasteiger partial charge in [0.15, 0.2) is 8.32 Å². The fraction of sp³-hybridized carbons (Fsp3) is 0.652. The lowest BCUT2D eigenvalue weighted by Gasteiger charge is -2.41. The first-order valence-corrected chi connectivity index (χ1v) is 13.2. The molecule has 1 aliphatic carbocycles. The third kappa shape index (κ3) is 6.07. The van der Waals surface area contributed by atoms with E-state index in [0.29, 0.717) is 12.3 Å². The smallest absolute Gasteiger partial charge is 0.192 e. The number of rotatable bonds is 7. The van der Waals surface area contributed by atoms with Crippen molar-refractivity contribution in [3.8, 4) is 0 Å². The molecule has 1 aromatic rings. The number of hydrogen-bond donors (Lipinski definition) is 1. The average Bonchev–Trinajstić information content (AvgIpc) is 2.61. The summed E-state index contributed by atoms with van der Waals surface area (Å²) in [6, 6.07) is 9.92. The molecule has 0 bridgehead atoms. The third-order valence-electron chi connectivity index (χ3n) is 6.22. The summed E-state index contributed by atoms with van der Waals surface area (Å²) in [5.41, 5.74) is 0.983. The van der Waals surface area contributed by atoms with Crippen LogP contribution in [0.1, 0.15) is 71.0 Å². The second-order valence-electron chi connectivity index (χ2n) is 9.33. The van der Waals surface area contributed by atoms with Gasteiger partial charge in [-0.3, -0.25) is 0 Å². The minimum atomic E-state index is -1.81. The molecule has 1 saturated carbocycles. The Bertz CT molecular complexity index is 553. The van der Waals surface area contributed by atoms with Crippen molar-refractivity contribution < 1.29 is 9.53 Å². The molecule has 0 unspecified atom stereocenters. The van der Waals surface area contributed by atoms with Gasteiger partial charge in [-0.2, -0.15) is 0 Å². The van der Waals surface area contributed by atoms with E-state index in [0.717, 1.165) is 5.56 Å². The second-order valence-corrected chi connectivity index (χ2v) is 14.1. The Balaban J connectivity index is 2.05. The number of benzene rings is 1. The molecule has 146 valence electrons. The Kier molecular flexibility index (Phi) is 7.69. The molecule has 26 heavy (non-hydrogen) atoms. The van der Waals surface area contributed by atoms with E-state index in [1.807, 2.05) is 30.3 Å². The van der Waals surface area contributed by atoms with Crippen molar-refractivity contribution >= 4 is 8.32 Å². The Hall–Kier alpha value is -0.903. The Morgan fingerprint density at radius 2 is 1.73 bits per heavy atom. The molecule has 0 saturated heterocycles. The van der Waals surface area contributed by atoms with Crippen molar-refractivity contribution in [3.05, 3.63) is 48.0 Å². The SMILES string of the molecule is CC(C)(C)[Si](C)(C)O[C@@H](/C=C\C[C@@H](O)c1ccccc1)C1CCCCC1. The fourth-order valence-corrected chi connectivity index (χ4v) is 4.73. The summed E-state index contributed by atoms with van der Waals surface area (Å²) < 4.78 is 6.80. The maximum Gasteiger partial charge on any atom is 0.192 e. The van der Waals surface area contributed by atoms with Crippen LogP contribution in [-0.2, 0) is 4.43 Å². The van der Waals surface area contributed by atoms with Crippen molar-refractivity contribution in [2.24, 2.45) is 5.92 Å². The van der Waals surface area contributed by atoms with E-state index in [-0.39, 0.29) is 11.1 Å². The zero-order chi connectivity index (χ0) is 19.2. The van der Waals surface area contributed by atoms with E-state index >= 15 is 0 Å². The molecular formula is C23H38O2Si. The second kappa shape index (κ2) is 9.34. The Labute approximate surface area is 161 Å². The molecule has 0 heterocycles. The van der Waals surface area contributed by atoms with Gasteiger partial charge < -0.3 is 9.53 Å². The monoisotopic (exact) mass is 374 g/mol. The summed E-state index contributed by atoms with van der Waals surface area (Å²) in [5.74, 6) is 0.628. The lowest BCUT2D eigenvalue weighted by atomic mass is 9.85. The number of hydrogen-bond acceptors (Lipinski definition) is 2. The van der Waals surface area contributed by atoms with Crippen molar-refractivity contribution in [3.63, 3.8) is 0 Å². The number of aliphatic hydroxyl groups excluding tert-OH is 1. The van der Waals surface area contributed by atoms with Crippen molar-refractivity contribution in [1.82, 2.24) is 0 Å². The van der Waals surface area contributed by atoms with Gasteiger partial charge in [0.1, 0.15) is 0 Å². The predicted octanol–water partition coefficient (Wildman–Crippen LogP) is 6.64. The molecule has 0 radical (unpaired) electrons. The van der Waals surface area contributed by atoms with Crippen molar-refractivity contribution in [1.29, 1.82) is 0 Å². The molecule has 0 amide bonds. The zero-order valence-electron chi connectivity index (χ0n) is 17.4. The molecule has 1 aromatic carbocycles. The van der Waals surface area contributed by atoms with Gasteiger partial charge in [-0.25, -0.2) is 0 Å². The highest BCUT2D eigenvalue weighted by Crippen LogP contribution is 2.40. The van der Waals surface area contributed by atoms with E-state index < -0.39 is 14.4 Å². The normalized spacial score (nSPS) is 19.6. The summed E-state index contributed by atoms with van der Waals surface area (Å²) in [4.78, 5) is 0. The van der Waals surface area contributed by atoms with Crippen molar-refractivity contribution in [2.75, 3.05) is 0 Å². The molecule has 3 heteroatoms. The maximum atomic E-state index is 10.4. The van der Waals surface area contributed by atoms with Crippen LogP contribution in [0.2, 0.25) is 18.1 Å². The van der Waals surface area contributed by atoms with Crippen LogP contribution < -0.4 is 0 Å². The lowest BCUT2D eigenvalue weighted by Crippen LogP contribution is -2.45. The largest absolute Gasteiger partial charge is 0.410 e. The lowest BCUT2D eigenvalue weighted by molar-refractivity contribution is 0.131. The van der Waals surface area contributed by atoms with Gasteiger partial charge in [0.2, 0.25) is 0 Å². The van der Waals surface area contributed by atoms with Gasteiger partial charge in [0, 0.05) is 0 Å². The topological polar surface area (TPSA) is 29.5 Å². The summed E-state index contributed by atoms with van der Waals surface area (Å²) in [5, 5.41) is 10.6. The van der Waals surface area contributed by atoms with Gasteiger partial charge in [-0.05, 0) is 48.9 Å². The standard InChI is InChI=1S/C23H38O2Si/c1-23(2,3)26(4,5)25-22(20-15-10-7-11-16-20)18-12-17-21(24)19-13-8-6-9-14-19/h6,8-9,12-14,18,20-22,24H,7,10-11,15-17H2,1-5H3/b18-12-/t21-,22+/m1/s1. The minimum Gasteiger partial charge on any atom is -0.410 e. The van der Waals surface area contributed by atoms with E-state index in [4.69, 9.17) is 4.43 Å². The first-order valence-electron chi connectivity index (χ1n) is 10.3. The zero-order valence-corrected chi connectivity index (χ0v) is 18.4. The Morgan fingerprint density at radius 1 is 1.12 bits per heavy atom. The van der Waals surface area contributed by atoms with Crippen LogP contribution in [0.25, 0.3) is 0 Å². The van der Waals surface area contributed by atoms with E-state index in [2.05, 4.69) is 46.0 Å². The van der Waals surface area contributed by atoms with Gasteiger partial charge in [0.25, 0.3) is 0 Å². The molecule has 1 aliphatic rings. The first kappa shape index (κ1) is 21.4. The van der Waals surface area contributed by atoms with Gasteiger partial charge in [-0.15, -0.1) is 0 Å². The van der Waals surface area contributed by atoms with Crippen LogP contribution in [0.5, 0.6) is 0 Å². The molecule has 0 spiro atoms. The van der Waals surface area contributed by atoms with Gasteiger partial charge in [0.05, 0.1) is 12.2 Å². The molecular weight excluding hydrogens is 336 g/mol. The van der Waals surface area contributed by atoms with E-state index in [1.165, 1.54) is 32.1 Å². The molecule has 2 atom stereocenters. The number of aliphatic hydroxyl groups is 1. The van der Waals surface area contributed by atoms with Crippen LogP contribution in [-0.4, -0.2) is 19.5 Å². The molecule has 0 aromatic heterocycles. The van der Waals surface area contributed by atoms with Crippen molar-refractivity contribution in [2.45, 2.75) is 89.6 Å². The fourth-order valence-electron chi connectivity index (χ4n) is 3.43. The predicted molar refractivity (Wildman–Crippen MR) is 114 cm³/mol. The molecule has 2 nitrogen and oxygen atoms in total. The average molecular weight is 375 g/mol. The van der Waals surface area contributed by atoms with E-state index in [9.17, 15) is 5.11 Å². The maximum absolute atomic E-state index is 10.4.